The molecule has 5 heteroatoms. The number of anilines is 2. The van der Waals surface area contributed by atoms with Gasteiger partial charge in [-0.15, -0.1) is 0 Å². The van der Waals surface area contributed by atoms with Gasteiger partial charge in [0.05, 0.1) is 0 Å². The highest BCUT2D eigenvalue weighted by atomic mass is 19.1. The zero-order valence-electron chi connectivity index (χ0n) is 21.5. The number of rotatable bonds is 5. The number of nitrogens with one attached hydrogen (secondary N) is 1. The lowest BCUT2D eigenvalue weighted by molar-refractivity contribution is 0.155. The van der Waals surface area contributed by atoms with Gasteiger partial charge in [-0.25, -0.2) is 9.18 Å². The lowest BCUT2D eigenvalue weighted by Crippen LogP contribution is -2.38. The molecule has 0 radical (unpaired) electrons. The summed E-state index contributed by atoms with van der Waals surface area (Å²) in [5.41, 5.74) is 7.91. The van der Waals surface area contributed by atoms with Crippen LogP contribution in [-0.2, 0) is 11.3 Å². The first kappa shape index (κ1) is 24.2. The van der Waals surface area contributed by atoms with Crippen molar-refractivity contribution in [2.45, 2.75) is 38.2 Å². The van der Waals surface area contributed by atoms with Crippen LogP contribution in [0, 0.1) is 12.7 Å². The Morgan fingerprint density at radius 1 is 0.868 bits per heavy atom. The van der Waals surface area contributed by atoms with E-state index in [0.717, 1.165) is 42.6 Å². The van der Waals surface area contributed by atoms with Crippen LogP contribution in [-0.4, -0.2) is 19.2 Å². The van der Waals surface area contributed by atoms with E-state index in [2.05, 4.69) is 40.5 Å². The average molecular weight is 507 g/mol. The zero-order chi connectivity index (χ0) is 26.1. The first-order valence-electron chi connectivity index (χ1n) is 13.3. The van der Waals surface area contributed by atoms with Crippen molar-refractivity contribution >= 4 is 17.5 Å². The Kier molecular flexibility index (Phi) is 6.59. The number of halogens is 1. The molecular formula is C33H31FN2O2. The van der Waals surface area contributed by atoms with Crippen molar-refractivity contribution in [2.24, 2.45) is 0 Å². The van der Waals surface area contributed by atoms with Crippen LogP contribution in [0.2, 0.25) is 0 Å². The van der Waals surface area contributed by atoms with E-state index in [1.54, 1.807) is 6.07 Å². The number of nitrogens with zero attached hydrogens (tertiary/aromatic N) is 1. The van der Waals surface area contributed by atoms with Gasteiger partial charge in [0.2, 0.25) is 0 Å². The predicted molar refractivity (Wildman–Crippen MR) is 149 cm³/mol. The van der Waals surface area contributed by atoms with Crippen molar-refractivity contribution < 1.29 is 13.9 Å². The van der Waals surface area contributed by atoms with Crippen LogP contribution in [0.3, 0.4) is 0 Å². The minimum atomic E-state index is -0.501. The Labute approximate surface area is 223 Å². The number of carbonyl (C=O) groups is 1. The van der Waals surface area contributed by atoms with Crippen LogP contribution in [0.15, 0.2) is 91.0 Å². The van der Waals surface area contributed by atoms with E-state index < -0.39 is 6.09 Å². The third-order valence-corrected chi connectivity index (χ3v) is 7.80. The number of carbonyl (C=O) groups excluding carboxylic acids is 1. The number of ether oxygens (including phenoxy) is 1. The molecule has 1 amide bonds. The van der Waals surface area contributed by atoms with Crippen LogP contribution in [0.1, 0.15) is 58.1 Å². The van der Waals surface area contributed by atoms with Gasteiger partial charge < -0.3 is 9.64 Å². The molecule has 2 aliphatic heterocycles. The molecule has 2 heterocycles. The Bertz CT molecular complexity index is 1460. The van der Waals surface area contributed by atoms with Gasteiger partial charge in [-0.2, -0.15) is 0 Å². The fraction of sp³-hybridized carbons (Fsp3) is 0.242. The molecule has 0 spiro atoms. The van der Waals surface area contributed by atoms with Crippen molar-refractivity contribution in [3.8, 4) is 0 Å². The van der Waals surface area contributed by atoms with Crippen molar-refractivity contribution in [2.75, 3.05) is 23.3 Å². The third-order valence-electron chi connectivity index (χ3n) is 7.80. The van der Waals surface area contributed by atoms with Gasteiger partial charge in [0.15, 0.2) is 0 Å². The van der Waals surface area contributed by atoms with Gasteiger partial charge in [-0.3, -0.25) is 5.32 Å². The van der Waals surface area contributed by atoms with Gasteiger partial charge in [0.1, 0.15) is 12.4 Å². The van der Waals surface area contributed by atoms with E-state index in [0.29, 0.717) is 11.3 Å². The van der Waals surface area contributed by atoms with Crippen LogP contribution in [0.25, 0.3) is 0 Å². The molecule has 0 aromatic heterocycles. The molecule has 1 N–H and O–H groups in total. The molecule has 6 rings (SSSR count). The molecule has 0 bridgehead atoms. The molecule has 4 aromatic carbocycles. The first-order chi connectivity index (χ1) is 18.6. The highest BCUT2D eigenvalue weighted by Gasteiger charge is 2.36. The molecule has 0 saturated carbocycles. The minimum absolute atomic E-state index is 0.0859. The van der Waals surface area contributed by atoms with Gasteiger partial charge in [-0.05, 0) is 71.3 Å². The molecule has 2 unspecified atom stereocenters. The SMILES string of the molecule is Cc1ccc(C2CCN3CCC(c4ccccc4)c4cc(NC(=O)OCc5ccccc5)cc2c43)c(F)c1. The number of hydrogen-bond acceptors (Lipinski definition) is 3. The largest absolute Gasteiger partial charge is 0.444 e. The summed E-state index contributed by atoms with van der Waals surface area (Å²) < 4.78 is 20.8. The smallest absolute Gasteiger partial charge is 0.411 e. The van der Waals surface area contributed by atoms with Crippen LogP contribution in [0.4, 0.5) is 20.6 Å². The van der Waals surface area contributed by atoms with E-state index >= 15 is 4.39 Å². The number of amides is 1. The molecule has 4 nitrogen and oxygen atoms in total. The van der Waals surface area contributed by atoms with Crippen LogP contribution >= 0.6 is 0 Å². The molecule has 2 atom stereocenters. The molecule has 38 heavy (non-hydrogen) atoms. The topological polar surface area (TPSA) is 41.6 Å². The Hall–Kier alpha value is -4.12. The summed E-state index contributed by atoms with van der Waals surface area (Å²) in [5, 5.41) is 2.97. The summed E-state index contributed by atoms with van der Waals surface area (Å²) in [6, 6.07) is 29.8. The van der Waals surface area contributed by atoms with E-state index in [4.69, 9.17) is 4.74 Å². The highest BCUT2D eigenvalue weighted by molar-refractivity contribution is 5.86. The Morgan fingerprint density at radius 2 is 1.53 bits per heavy atom. The number of aryl methyl sites for hydroxylation is 1. The van der Waals surface area contributed by atoms with Crippen LogP contribution < -0.4 is 10.2 Å². The summed E-state index contributed by atoms with van der Waals surface area (Å²) >= 11 is 0. The fourth-order valence-electron chi connectivity index (χ4n) is 6.01. The molecule has 192 valence electrons. The Balaban J connectivity index is 1.40. The molecule has 2 aliphatic rings. The maximum absolute atomic E-state index is 15.2. The lowest BCUT2D eigenvalue weighted by atomic mass is 9.76. The molecule has 0 fully saturated rings. The quantitative estimate of drug-likeness (QED) is 0.301. The lowest BCUT2D eigenvalue weighted by Gasteiger charge is -2.43. The van der Waals surface area contributed by atoms with E-state index in [9.17, 15) is 4.79 Å². The van der Waals surface area contributed by atoms with Gasteiger partial charge in [-0.1, -0.05) is 72.8 Å². The number of benzene rings is 4. The maximum atomic E-state index is 15.2. The summed E-state index contributed by atoms with van der Waals surface area (Å²) in [5.74, 6) is -0.0598. The Morgan fingerprint density at radius 3 is 2.24 bits per heavy atom. The molecular weight excluding hydrogens is 475 g/mol. The van der Waals surface area contributed by atoms with E-state index in [-0.39, 0.29) is 24.3 Å². The second-order valence-corrected chi connectivity index (χ2v) is 10.3. The van der Waals surface area contributed by atoms with Gasteiger partial charge in [0, 0.05) is 36.3 Å². The maximum Gasteiger partial charge on any atom is 0.411 e. The zero-order valence-corrected chi connectivity index (χ0v) is 21.5. The molecule has 4 aromatic rings. The summed E-state index contributed by atoms with van der Waals surface area (Å²) in [6.45, 7) is 3.94. The van der Waals surface area contributed by atoms with Gasteiger partial charge in [0.25, 0.3) is 0 Å². The van der Waals surface area contributed by atoms with E-state index in [1.165, 1.54) is 16.8 Å². The standard InChI is InChI=1S/C33H31FN2O2/c1-22-12-13-28(31(34)18-22)27-15-17-36-16-14-26(24-10-6-3-7-11-24)29-19-25(20-30(27)32(29)36)35-33(37)38-21-23-8-4-2-5-9-23/h2-13,18-20,26-27H,14-17,21H2,1H3,(H,35,37). The van der Waals surface area contributed by atoms with Crippen molar-refractivity contribution in [3.63, 3.8) is 0 Å². The van der Waals surface area contributed by atoms with Gasteiger partial charge >= 0.3 is 6.09 Å². The normalized spacial score (nSPS) is 18.0. The number of hydrogen-bond donors (Lipinski definition) is 1. The van der Waals surface area contributed by atoms with Crippen molar-refractivity contribution in [1.29, 1.82) is 0 Å². The summed E-state index contributed by atoms with van der Waals surface area (Å²) in [7, 11) is 0. The molecule has 0 saturated heterocycles. The average Bonchev–Trinajstić information content (AvgIpc) is 2.94. The highest BCUT2D eigenvalue weighted by Crippen LogP contribution is 2.50. The fourth-order valence-corrected chi connectivity index (χ4v) is 6.01. The molecule has 0 aliphatic carbocycles. The predicted octanol–water partition coefficient (Wildman–Crippen LogP) is 7.76. The first-order valence-corrected chi connectivity index (χ1v) is 13.3. The third kappa shape index (κ3) is 4.76. The van der Waals surface area contributed by atoms with Crippen molar-refractivity contribution in [1.82, 2.24) is 0 Å². The van der Waals surface area contributed by atoms with Crippen LogP contribution in [0.5, 0.6) is 0 Å². The van der Waals surface area contributed by atoms with Crippen molar-refractivity contribution in [3.05, 3.63) is 130 Å². The van der Waals surface area contributed by atoms with E-state index in [1.807, 2.05) is 61.5 Å². The summed E-state index contributed by atoms with van der Waals surface area (Å²) in [6.07, 6.45) is 1.31. The monoisotopic (exact) mass is 506 g/mol. The second kappa shape index (κ2) is 10.3. The second-order valence-electron chi connectivity index (χ2n) is 10.3. The minimum Gasteiger partial charge on any atom is -0.444 e. The summed E-state index contributed by atoms with van der Waals surface area (Å²) in [4.78, 5) is 15.3.